The van der Waals surface area contributed by atoms with E-state index in [4.69, 9.17) is 4.42 Å². The second kappa shape index (κ2) is 5.54. The van der Waals surface area contributed by atoms with E-state index in [9.17, 15) is 0 Å². The molecule has 0 saturated heterocycles. The molecule has 0 radical (unpaired) electrons. The maximum absolute atomic E-state index is 5.55. The summed E-state index contributed by atoms with van der Waals surface area (Å²) in [4.78, 5) is 0.126. The van der Waals surface area contributed by atoms with Crippen LogP contribution in [0.1, 0.15) is 54.5 Å². The van der Waals surface area contributed by atoms with E-state index in [-0.39, 0.29) is 10.2 Å². The lowest BCUT2D eigenvalue weighted by molar-refractivity contribution is 0.505. The van der Waals surface area contributed by atoms with Gasteiger partial charge in [0.1, 0.15) is 5.76 Å². The van der Waals surface area contributed by atoms with Gasteiger partial charge < -0.3 is 4.42 Å². The van der Waals surface area contributed by atoms with E-state index in [1.807, 2.05) is 6.07 Å². The fraction of sp³-hybridized carbons (Fsp3) is 0.412. The second-order valence-corrected chi connectivity index (χ2v) is 6.61. The molecule has 1 aromatic carbocycles. The first-order valence-corrected chi connectivity index (χ1v) is 7.66. The van der Waals surface area contributed by atoms with Gasteiger partial charge in [0, 0.05) is 0 Å². The Hall–Kier alpha value is -1.02. The van der Waals surface area contributed by atoms with Crippen molar-refractivity contribution >= 4 is 15.9 Å². The first-order valence-electron chi connectivity index (χ1n) is 6.74. The number of halogens is 1. The normalized spacial score (nSPS) is 13.5. The molecule has 2 aromatic rings. The first kappa shape index (κ1) is 14.4. The highest BCUT2D eigenvalue weighted by molar-refractivity contribution is 9.09. The molecule has 0 aliphatic carbocycles. The summed E-state index contributed by atoms with van der Waals surface area (Å²) in [6.45, 7) is 8.86. The van der Waals surface area contributed by atoms with Gasteiger partial charge in [0.05, 0.1) is 11.1 Å². The van der Waals surface area contributed by atoms with Crippen LogP contribution in [0.4, 0.5) is 0 Å². The SMILES string of the molecule is CCC(C)(C)c1ccc(C(Br)c2occc2C)cc1. The number of hydrogen-bond donors (Lipinski definition) is 0. The summed E-state index contributed by atoms with van der Waals surface area (Å²) in [6.07, 6.45) is 2.88. The van der Waals surface area contributed by atoms with Crippen LogP contribution in [0.2, 0.25) is 0 Å². The molecule has 0 aliphatic rings. The van der Waals surface area contributed by atoms with E-state index in [1.165, 1.54) is 16.7 Å². The van der Waals surface area contributed by atoms with E-state index < -0.39 is 0 Å². The van der Waals surface area contributed by atoms with Crippen molar-refractivity contribution in [3.05, 3.63) is 59.0 Å². The van der Waals surface area contributed by atoms with Crippen molar-refractivity contribution in [3.63, 3.8) is 0 Å². The molecule has 102 valence electrons. The lowest BCUT2D eigenvalue weighted by atomic mass is 9.82. The highest BCUT2D eigenvalue weighted by Crippen LogP contribution is 2.35. The third kappa shape index (κ3) is 2.94. The molecule has 0 aliphatic heterocycles. The molecule has 0 fully saturated rings. The van der Waals surface area contributed by atoms with Crippen LogP contribution >= 0.6 is 15.9 Å². The fourth-order valence-electron chi connectivity index (χ4n) is 2.10. The second-order valence-electron chi connectivity index (χ2n) is 5.69. The van der Waals surface area contributed by atoms with Crippen LogP contribution in [0.3, 0.4) is 0 Å². The number of furan rings is 1. The summed E-state index contributed by atoms with van der Waals surface area (Å²) < 4.78 is 5.55. The molecule has 0 N–H and O–H groups in total. The standard InChI is InChI=1S/C17H21BrO/c1-5-17(3,4)14-8-6-13(7-9-14)15(18)16-12(2)10-11-19-16/h6-11,15H,5H2,1-4H3. The zero-order valence-electron chi connectivity index (χ0n) is 12.0. The largest absolute Gasteiger partial charge is 0.468 e. The van der Waals surface area contributed by atoms with Crippen LogP contribution in [0.5, 0.6) is 0 Å². The van der Waals surface area contributed by atoms with Gasteiger partial charge in [-0.1, -0.05) is 61.0 Å². The molecule has 0 bridgehead atoms. The van der Waals surface area contributed by atoms with Crippen LogP contribution in [0.25, 0.3) is 0 Å². The number of benzene rings is 1. The molecule has 2 rings (SSSR count). The van der Waals surface area contributed by atoms with E-state index in [1.54, 1.807) is 6.26 Å². The fourth-order valence-corrected chi connectivity index (χ4v) is 2.88. The van der Waals surface area contributed by atoms with Gasteiger partial charge in [0.25, 0.3) is 0 Å². The molecule has 1 heterocycles. The maximum atomic E-state index is 5.55. The third-order valence-electron chi connectivity index (χ3n) is 4.00. The van der Waals surface area contributed by atoms with Crippen molar-refractivity contribution in [1.29, 1.82) is 0 Å². The van der Waals surface area contributed by atoms with Gasteiger partial charge in [-0.25, -0.2) is 0 Å². The van der Waals surface area contributed by atoms with Gasteiger partial charge in [0.2, 0.25) is 0 Å². The quantitative estimate of drug-likeness (QED) is 0.653. The first-order chi connectivity index (χ1) is 8.95. The Balaban J connectivity index is 2.26. The van der Waals surface area contributed by atoms with Gasteiger partial charge in [-0.2, -0.15) is 0 Å². The Morgan fingerprint density at radius 3 is 2.26 bits per heavy atom. The summed E-state index contributed by atoms with van der Waals surface area (Å²) in [7, 11) is 0. The smallest absolute Gasteiger partial charge is 0.124 e. The summed E-state index contributed by atoms with van der Waals surface area (Å²) in [5.41, 5.74) is 4.03. The van der Waals surface area contributed by atoms with Crippen LogP contribution in [-0.4, -0.2) is 0 Å². The molecular weight excluding hydrogens is 300 g/mol. The highest BCUT2D eigenvalue weighted by atomic mass is 79.9. The summed E-state index contributed by atoms with van der Waals surface area (Å²) in [6, 6.07) is 10.8. The van der Waals surface area contributed by atoms with E-state index >= 15 is 0 Å². The Bertz CT molecular complexity index is 537. The van der Waals surface area contributed by atoms with Crippen LogP contribution in [0.15, 0.2) is 41.0 Å². The zero-order chi connectivity index (χ0) is 14.0. The summed E-state index contributed by atoms with van der Waals surface area (Å²) >= 11 is 3.72. The Labute approximate surface area is 124 Å². The van der Waals surface area contributed by atoms with Crippen LogP contribution < -0.4 is 0 Å². The minimum absolute atomic E-state index is 0.126. The predicted molar refractivity (Wildman–Crippen MR) is 84.0 cm³/mol. The van der Waals surface area contributed by atoms with Gasteiger partial charge in [0.15, 0.2) is 0 Å². The molecule has 1 nitrogen and oxygen atoms in total. The van der Waals surface area contributed by atoms with Crippen molar-refractivity contribution in [1.82, 2.24) is 0 Å². The van der Waals surface area contributed by atoms with Crippen molar-refractivity contribution in [2.24, 2.45) is 0 Å². The lowest BCUT2D eigenvalue weighted by Gasteiger charge is -2.23. The van der Waals surface area contributed by atoms with Crippen molar-refractivity contribution < 1.29 is 4.42 Å². The van der Waals surface area contributed by atoms with E-state index in [2.05, 4.69) is 67.9 Å². The third-order valence-corrected chi connectivity index (χ3v) is 4.95. The average Bonchev–Trinajstić information content (AvgIpc) is 2.84. The molecule has 0 amide bonds. The number of alkyl halides is 1. The van der Waals surface area contributed by atoms with Crippen molar-refractivity contribution in [3.8, 4) is 0 Å². The minimum atomic E-state index is 0.126. The molecule has 19 heavy (non-hydrogen) atoms. The van der Waals surface area contributed by atoms with Crippen molar-refractivity contribution in [2.75, 3.05) is 0 Å². The van der Waals surface area contributed by atoms with Crippen molar-refractivity contribution in [2.45, 2.75) is 44.4 Å². The minimum Gasteiger partial charge on any atom is -0.468 e. The number of aryl methyl sites for hydroxylation is 1. The number of hydrogen-bond acceptors (Lipinski definition) is 1. The molecule has 0 saturated carbocycles. The predicted octanol–water partition coefficient (Wildman–Crippen LogP) is 5.76. The topological polar surface area (TPSA) is 13.1 Å². The van der Waals surface area contributed by atoms with Gasteiger partial charge in [-0.05, 0) is 41.5 Å². The molecule has 1 aromatic heterocycles. The Morgan fingerprint density at radius 1 is 1.16 bits per heavy atom. The van der Waals surface area contributed by atoms with Gasteiger partial charge in [-0.15, -0.1) is 0 Å². The van der Waals surface area contributed by atoms with Crippen LogP contribution in [0, 0.1) is 6.92 Å². The monoisotopic (exact) mass is 320 g/mol. The average molecular weight is 321 g/mol. The number of rotatable bonds is 4. The summed E-state index contributed by atoms with van der Waals surface area (Å²) in [5.74, 6) is 0.988. The van der Waals surface area contributed by atoms with Crippen LogP contribution in [-0.2, 0) is 5.41 Å². The Kier molecular flexibility index (Phi) is 4.19. The Morgan fingerprint density at radius 2 is 1.79 bits per heavy atom. The molecule has 2 heteroatoms. The maximum Gasteiger partial charge on any atom is 0.124 e. The van der Waals surface area contributed by atoms with Gasteiger partial charge in [-0.3, -0.25) is 0 Å². The molecule has 1 unspecified atom stereocenters. The van der Waals surface area contributed by atoms with E-state index in [0.717, 1.165) is 12.2 Å². The lowest BCUT2D eigenvalue weighted by Crippen LogP contribution is -2.15. The molecule has 0 spiro atoms. The summed E-state index contributed by atoms with van der Waals surface area (Å²) in [5, 5.41) is 0. The molecule has 1 atom stereocenters. The van der Waals surface area contributed by atoms with Gasteiger partial charge >= 0.3 is 0 Å². The molecular formula is C17H21BrO. The van der Waals surface area contributed by atoms with E-state index in [0.29, 0.717) is 0 Å². The zero-order valence-corrected chi connectivity index (χ0v) is 13.6. The highest BCUT2D eigenvalue weighted by Gasteiger charge is 2.20.